The second-order valence-corrected chi connectivity index (χ2v) is 7.31. The number of thiazole rings is 1. The Bertz CT molecular complexity index is 599. The predicted molar refractivity (Wildman–Crippen MR) is 94.2 cm³/mol. The molecule has 0 bridgehead atoms. The first-order valence-electron chi connectivity index (χ1n) is 7.38. The number of aromatic nitrogens is 2. The second kappa shape index (κ2) is 7.04. The number of nitrogens with zero attached hydrogens (tertiary/aromatic N) is 3. The summed E-state index contributed by atoms with van der Waals surface area (Å²) in [6.07, 6.45) is 2.87. The van der Waals surface area contributed by atoms with Crippen molar-refractivity contribution in [2.75, 3.05) is 13.1 Å². The zero-order chi connectivity index (χ0) is 14.9. The lowest BCUT2D eigenvalue weighted by atomic mass is 9.80. The average Bonchev–Trinajstić information content (AvgIpc) is 2.92. The molecule has 0 saturated carbocycles. The molecule has 22 heavy (non-hydrogen) atoms. The molecule has 2 aromatic heterocycles. The standard InChI is InChI=1S/C16H22N4S.ClH/c1-16(2)11-20(8-6-14(16)17)9-12-10-21-15(19-12)13-5-3-4-7-18-13;/h3-5,7,10,14H,6,8-9,11,17H2,1-2H3;1H. The van der Waals surface area contributed by atoms with Gasteiger partial charge in [-0.05, 0) is 24.0 Å². The maximum absolute atomic E-state index is 6.20. The molecule has 2 aromatic rings. The topological polar surface area (TPSA) is 55.0 Å². The molecule has 120 valence electrons. The third-order valence-electron chi connectivity index (χ3n) is 4.21. The summed E-state index contributed by atoms with van der Waals surface area (Å²) in [7, 11) is 0. The van der Waals surface area contributed by atoms with Crippen LogP contribution in [0.2, 0.25) is 0 Å². The van der Waals surface area contributed by atoms with Gasteiger partial charge in [-0.1, -0.05) is 19.9 Å². The van der Waals surface area contributed by atoms with E-state index in [0.29, 0.717) is 6.04 Å². The van der Waals surface area contributed by atoms with Crippen molar-refractivity contribution in [3.63, 3.8) is 0 Å². The lowest BCUT2D eigenvalue weighted by Crippen LogP contribution is -2.52. The Balaban J connectivity index is 0.00000176. The maximum atomic E-state index is 6.20. The first-order valence-corrected chi connectivity index (χ1v) is 8.26. The Morgan fingerprint density at radius 1 is 1.41 bits per heavy atom. The number of hydrogen-bond acceptors (Lipinski definition) is 5. The smallest absolute Gasteiger partial charge is 0.142 e. The van der Waals surface area contributed by atoms with Gasteiger partial charge in [-0.3, -0.25) is 9.88 Å². The van der Waals surface area contributed by atoms with Crippen molar-refractivity contribution in [1.82, 2.24) is 14.9 Å². The molecule has 0 aliphatic carbocycles. The monoisotopic (exact) mass is 338 g/mol. The first kappa shape index (κ1) is 17.3. The minimum Gasteiger partial charge on any atom is -0.327 e. The van der Waals surface area contributed by atoms with Crippen LogP contribution in [0.1, 0.15) is 26.0 Å². The van der Waals surface area contributed by atoms with E-state index < -0.39 is 0 Å². The van der Waals surface area contributed by atoms with Crippen LogP contribution in [0, 0.1) is 5.41 Å². The largest absolute Gasteiger partial charge is 0.327 e. The Labute approximate surface area is 142 Å². The summed E-state index contributed by atoms with van der Waals surface area (Å²) in [6, 6.07) is 6.23. The van der Waals surface area contributed by atoms with Gasteiger partial charge in [0.15, 0.2) is 0 Å². The van der Waals surface area contributed by atoms with Crippen molar-refractivity contribution in [2.24, 2.45) is 11.1 Å². The molecule has 1 fully saturated rings. The summed E-state index contributed by atoms with van der Waals surface area (Å²) in [5.74, 6) is 0. The molecular weight excluding hydrogens is 316 g/mol. The number of piperidine rings is 1. The molecule has 2 N–H and O–H groups in total. The minimum absolute atomic E-state index is 0. The van der Waals surface area contributed by atoms with Crippen LogP contribution in [-0.2, 0) is 6.54 Å². The fraction of sp³-hybridized carbons (Fsp3) is 0.500. The van der Waals surface area contributed by atoms with Gasteiger partial charge < -0.3 is 5.73 Å². The predicted octanol–water partition coefficient (Wildman–Crippen LogP) is 3.19. The summed E-state index contributed by atoms with van der Waals surface area (Å²) in [5.41, 5.74) is 8.46. The maximum Gasteiger partial charge on any atom is 0.142 e. The van der Waals surface area contributed by atoms with Crippen molar-refractivity contribution in [3.8, 4) is 10.7 Å². The first-order chi connectivity index (χ1) is 10.0. The van der Waals surface area contributed by atoms with Crippen LogP contribution in [0.15, 0.2) is 29.8 Å². The van der Waals surface area contributed by atoms with E-state index in [-0.39, 0.29) is 17.8 Å². The van der Waals surface area contributed by atoms with Crippen LogP contribution in [0.25, 0.3) is 10.7 Å². The molecule has 1 aliphatic rings. The number of pyridine rings is 1. The summed E-state index contributed by atoms with van der Waals surface area (Å²) < 4.78 is 0. The molecule has 6 heteroatoms. The van der Waals surface area contributed by atoms with Gasteiger partial charge >= 0.3 is 0 Å². The van der Waals surface area contributed by atoms with Crippen molar-refractivity contribution < 1.29 is 0 Å². The number of halogens is 1. The van der Waals surface area contributed by atoms with Crippen LogP contribution in [0.5, 0.6) is 0 Å². The molecule has 1 unspecified atom stereocenters. The molecule has 0 radical (unpaired) electrons. The zero-order valence-electron chi connectivity index (χ0n) is 13.0. The van der Waals surface area contributed by atoms with Gasteiger partial charge in [0.2, 0.25) is 0 Å². The molecule has 1 saturated heterocycles. The summed E-state index contributed by atoms with van der Waals surface area (Å²) in [5, 5.41) is 3.14. The van der Waals surface area contributed by atoms with Gasteiger partial charge in [0.1, 0.15) is 5.01 Å². The van der Waals surface area contributed by atoms with Gasteiger partial charge in [-0.25, -0.2) is 4.98 Å². The molecule has 0 aromatic carbocycles. The highest BCUT2D eigenvalue weighted by Crippen LogP contribution is 2.29. The van der Waals surface area contributed by atoms with Gasteiger partial charge in [-0.15, -0.1) is 23.7 Å². The normalized spacial score (nSPS) is 21.3. The highest BCUT2D eigenvalue weighted by Gasteiger charge is 2.33. The Morgan fingerprint density at radius 3 is 2.91 bits per heavy atom. The van der Waals surface area contributed by atoms with E-state index in [1.165, 1.54) is 0 Å². The molecule has 4 nitrogen and oxygen atoms in total. The summed E-state index contributed by atoms with van der Waals surface area (Å²) in [4.78, 5) is 11.5. The number of likely N-dealkylation sites (tertiary alicyclic amines) is 1. The fourth-order valence-corrected chi connectivity index (χ4v) is 3.62. The highest BCUT2D eigenvalue weighted by molar-refractivity contribution is 7.13. The zero-order valence-corrected chi connectivity index (χ0v) is 14.7. The van der Waals surface area contributed by atoms with E-state index >= 15 is 0 Å². The van der Waals surface area contributed by atoms with E-state index in [2.05, 4.69) is 29.1 Å². The summed E-state index contributed by atoms with van der Waals surface area (Å²) in [6.45, 7) is 7.50. The van der Waals surface area contributed by atoms with Gasteiger partial charge in [0.25, 0.3) is 0 Å². The van der Waals surface area contributed by atoms with Crippen LogP contribution < -0.4 is 5.73 Å². The Hall–Kier alpha value is -1.01. The lowest BCUT2D eigenvalue weighted by molar-refractivity contribution is 0.0891. The second-order valence-electron chi connectivity index (χ2n) is 6.45. The summed E-state index contributed by atoms with van der Waals surface area (Å²) >= 11 is 1.67. The van der Waals surface area contributed by atoms with Crippen molar-refractivity contribution in [1.29, 1.82) is 0 Å². The Morgan fingerprint density at radius 2 is 2.23 bits per heavy atom. The SMILES string of the molecule is CC1(C)CN(Cc2csc(-c3ccccn3)n2)CCC1N.Cl. The molecule has 0 spiro atoms. The van der Waals surface area contributed by atoms with Crippen molar-refractivity contribution in [3.05, 3.63) is 35.5 Å². The van der Waals surface area contributed by atoms with Gasteiger partial charge in [0, 0.05) is 37.3 Å². The third-order valence-corrected chi connectivity index (χ3v) is 5.13. The quantitative estimate of drug-likeness (QED) is 0.933. The number of hydrogen-bond donors (Lipinski definition) is 1. The van der Waals surface area contributed by atoms with Crippen molar-refractivity contribution >= 4 is 23.7 Å². The van der Waals surface area contributed by atoms with Crippen LogP contribution in [0.3, 0.4) is 0 Å². The van der Waals surface area contributed by atoms with E-state index in [1.54, 1.807) is 11.3 Å². The third kappa shape index (κ3) is 3.84. The van der Waals surface area contributed by atoms with Crippen molar-refractivity contribution in [2.45, 2.75) is 32.9 Å². The Kier molecular flexibility index (Phi) is 5.55. The van der Waals surface area contributed by atoms with Crippen LogP contribution >= 0.6 is 23.7 Å². The highest BCUT2D eigenvalue weighted by atomic mass is 35.5. The molecule has 1 atom stereocenters. The number of nitrogens with two attached hydrogens (primary N) is 1. The van der Waals surface area contributed by atoms with Crippen LogP contribution in [-0.4, -0.2) is 34.0 Å². The molecule has 0 amide bonds. The lowest BCUT2D eigenvalue weighted by Gasteiger charge is -2.42. The molecule has 1 aliphatic heterocycles. The minimum atomic E-state index is 0. The molecule has 3 rings (SSSR count). The fourth-order valence-electron chi connectivity index (χ4n) is 2.84. The number of rotatable bonds is 3. The molecule has 3 heterocycles. The van der Waals surface area contributed by atoms with E-state index in [9.17, 15) is 0 Å². The van der Waals surface area contributed by atoms with E-state index in [0.717, 1.165) is 42.5 Å². The average molecular weight is 339 g/mol. The van der Waals surface area contributed by atoms with Gasteiger partial charge in [-0.2, -0.15) is 0 Å². The van der Waals surface area contributed by atoms with E-state index in [4.69, 9.17) is 10.7 Å². The van der Waals surface area contributed by atoms with Crippen LogP contribution in [0.4, 0.5) is 0 Å². The van der Waals surface area contributed by atoms with Gasteiger partial charge in [0.05, 0.1) is 11.4 Å². The molecular formula is C16H23ClN4S. The van der Waals surface area contributed by atoms with E-state index in [1.807, 2.05) is 24.4 Å².